The summed E-state index contributed by atoms with van der Waals surface area (Å²) >= 11 is 0. The van der Waals surface area contributed by atoms with E-state index in [1.165, 1.54) is 12.1 Å². The van der Waals surface area contributed by atoms with Crippen LogP contribution in [0.15, 0.2) is 36.4 Å². The van der Waals surface area contributed by atoms with Gasteiger partial charge in [-0.25, -0.2) is 8.78 Å². The summed E-state index contributed by atoms with van der Waals surface area (Å²) < 4.78 is 31.8. The van der Waals surface area contributed by atoms with Gasteiger partial charge in [-0.3, -0.25) is 0 Å². The van der Waals surface area contributed by atoms with Crippen molar-refractivity contribution < 1.29 is 18.6 Å². The lowest BCUT2D eigenvalue weighted by molar-refractivity contribution is 0.199. The first-order chi connectivity index (χ1) is 9.47. The second-order valence-corrected chi connectivity index (χ2v) is 4.73. The Labute approximate surface area is 116 Å². The second kappa shape index (κ2) is 6.01. The molecule has 0 aliphatic carbocycles. The number of ether oxygens (including phenoxy) is 1. The normalized spacial score (nSPS) is 12.2. The highest BCUT2D eigenvalue weighted by Crippen LogP contribution is 2.24. The number of hydrogen-bond acceptors (Lipinski definition) is 2. The second-order valence-electron chi connectivity index (χ2n) is 4.73. The fraction of sp³-hybridized carbons (Fsp3) is 0.250. The van der Waals surface area contributed by atoms with E-state index in [2.05, 4.69) is 0 Å². The van der Waals surface area contributed by atoms with Crippen LogP contribution in [0.3, 0.4) is 0 Å². The van der Waals surface area contributed by atoms with Gasteiger partial charge < -0.3 is 9.84 Å². The lowest BCUT2D eigenvalue weighted by Crippen LogP contribution is -2.01. The van der Waals surface area contributed by atoms with Crippen LogP contribution >= 0.6 is 0 Å². The first-order valence-electron chi connectivity index (χ1n) is 6.32. The third-order valence-corrected chi connectivity index (χ3v) is 3.08. The van der Waals surface area contributed by atoms with Crippen LogP contribution in [0.2, 0.25) is 0 Å². The Hall–Kier alpha value is -1.94. The number of hydrogen-bond donors (Lipinski definition) is 1. The Balaban J connectivity index is 2.11. The highest BCUT2D eigenvalue weighted by molar-refractivity contribution is 5.37. The van der Waals surface area contributed by atoms with Crippen molar-refractivity contribution in [3.8, 4) is 5.75 Å². The van der Waals surface area contributed by atoms with Gasteiger partial charge in [-0.2, -0.15) is 0 Å². The smallest absolute Gasteiger partial charge is 0.132 e. The Bertz CT molecular complexity index is 609. The van der Waals surface area contributed by atoms with E-state index < -0.39 is 17.7 Å². The molecule has 0 heterocycles. The van der Waals surface area contributed by atoms with Crippen molar-refractivity contribution in [2.45, 2.75) is 26.6 Å². The molecule has 2 nitrogen and oxygen atoms in total. The van der Waals surface area contributed by atoms with Gasteiger partial charge in [-0.15, -0.1) is 0 Å². The Morgan fingerprint density at radius 3 is 2.50 bits per heavy atom. The highest BCUT2D eigenvalue weighted by atomic mass is 19.1. The zero-order chi connectivity index (χ0) is 14.7. The zero-order valence-electron chi connectivity index (χ0n) is 11.4. The van der Waals surface area contributed by atoms with E-state index >= 15 is 0 Å². The first kappa shape index (κ1) is 14.5. The first-order valence-corrected chi connectivity index (χ1v) is 6.32. The maximum atomic E-state index is 13.5. The molecular formula is C16H16F2O2. The Kier molecular flexibility index (Phi) is 4.35. The molecule has 106 valence electrons. The number of aliphatic hydroxyl groups excluding tert-OH is 1. The molecule has 2 aromatic rings. The molecule has 0 aromatic heterocycles. The summed E-state index contributed by atoms with van der Waals surface area (Å²) in [6, 6.07) is 8.71. The largest absolute Gasteiger partial charge is 0.489 e. The Morgan fingerprint density at radius 2 is 1.90 bits per heavy atom. The standard InChI is InChI=1S/C16H16F2O2/c1-10-7-12(11(2)19)4-6-16(10)20-9-13-3-5-14(17)8-15(13)18/h3-8,11,19H,9H2,1-2H3. The molecule has 0 spiro atoms. The number of benzene rings is 2. The van der Waals surface area contributed by atoms with Gasteiger partial charge in [0.15, 0.2) is 0 Å². The van der Waals surface area contributed by atoms with E-state index in [1.54, 1.807) is 19.1 Å². The minimum absolute atomic E-state index is 0.0287. The van der Waals surface area contributed by atoms with E-state index in [0.29, 0.717) is 11.3 Å². The van der Waals surface area contributed by atoms with Gasteiger partial charge in [0.2, 0.25) is 0 Å². The van der Waals surface area contributed by atoms with Gasteiger partial charge in [-0.05, 0) is 49.2 Å². The van der Waals surface area contributed by atoms with Gasteiger partial charge in [-0.1, -0.05) is 6.07 Å². The summed E-state index contributed by atoms with van der Waals surface area (Å²) in [6.07, 6.45) is -0.544. The molecule has 0 saturated carbocycles. The summed E-state index contributed by atoms with van der Waals surface area (Å²) in [7, 11) is 0. The monoisotopic (exact) mass is 278 g/mol. The molecule has 0 bridgehead atoms. The van der Waals surface area contributed by atoms with E-state index in [9.17, 15) is 13.9 Å². The number of halogens is 2. The van der Waals surface area contributed by atoms with Gasteiger partial charge >= 0.3 is 0 Å². The van der Waals surface area contributed by atoms with E-state index in [-0.39, 0.29) is 6.61 Å². The highest BCUT2D eigenvalue weighted by Gasteiger charge is 2.08. The predicted octanol–water partition coefficient (Wildman–Crippen LogP) is 3.91. The van der Waals surface area contributed by atoms with Crippen LogP contribution in [0.5, 0.6) is 5.75 Å². The quantitative estimate of drug-likeness (QED) is 0.919. The van der Waals surface area contributed by atoms with Gasteiger partial charge in [0, 0.05) is 11.6 Å². The summed E-state index contributed by atoms with van der Waals surface area (Å²) in [4.78, 5) is 0. The van der Waals surface area contributed by atoms with E-state index in [4.69, 9.17) is 4.74 Å². The van der Waals surface area contributed by atoms with Gasteiger partial charge in [0.05, 0.1) is 6.10 Å². The average Bonchev–Trinajstić information content (AvgIpc) is 2.38. The Morgan fingerprint density at radius 1 is 1.15 bits per heavy atom. The van der Waals surface area contributed by atoms with Crippen molar-refractivity contribution in [2.24, 2.45) is 0 Å². The van der Waals surface area contributed by atoms with Crippen LogP contribution in [0, 0.1) is 18.6 Å². The van der Waals surface area contributed by atoms with Crippen LogP contribution < -0.4 is 4.74 Å². The zero-order valence-corrected chi connectivity index (χ0v) is 11.4. The van der Waals surface area contributed by atoms with Crippen molar-refractivity contribution in [1.82, 2.24) is 0 Å². The SMILES string of the molecule is Cc1cc(C(C)O)ccc1OCc1ccc(F)cc1F. The molecule has 0 radical (unpaired) electrons. The number of rotatable bonds is 4. The lowest BCUT2D eigenvalue weighted by atomic mass is 10.1. The molecule has 2 rings (SSSR count). The summed E-state index contributed by atoms with van der Waals surface area (Å²) in [6.45, 7) is 3.56. The molecular weight excluding hydrogens is 262 g/mol. The van der Waals surface area contributed by atoms with E-state index in [1.807, 2.05) is 13.0 Å². The molecule has 0 amide bonds. The van der Waals surface area contributed by atoms with Gasteiger partial charge in [0.25, 0.3) is 0 Å². The molecule has 1 unspecified atom stereocenters. The third-order valence-electron chi connectivity index (χ3n) is 3.08. The number of aryl methyl sites for hydroxylation is 1. The molecule has 0 aliphatic heterocycles. The fourth-order valence-electron chi connectivity index (χ4n) is 1.89. The van der Waals surface area contributed by atoms with Crippen LogP contribution in [0.4, 0.5) is 8.78 Å². The summed E-state index contributed by atoms with van der Waals surface area (Å²) in [5.41, 5.74) is 1.94. The topological polar surface area (TPSA) is 29.5 Å². The molecule has 1 atom stereocenters. The fourth-order valence-corrected chi connectivity index (χ4v) is 1.89. The van der Waals surface area contributed by atoms with Crippen molar-refractivity contribution in [3.63, 3.8) is 0 Å². The molecule has 2 aromatic carbocycles. The maximum Gasteiger partial charge on any atom is 0.132 e. The maximum absolute atomic E-state index is 13.5. The molecule has 20 heavy (non-hydrogen) atoms. The molecule has 0 saturated heterocycles. The van der Waals surface area contributed by atoms with Crippen molar-refractivity contribution in [3.05, 3.63) is 64.7 Å². The molecule has 4 heteroatoms. The lowest BCUT2D eigenvalue weighted by Gasteiger charge is -2.12. The third kappa shape index (κ3) is 3.33. The van der Waals surface area contributed by atoms with Gasteiger partial charge in [0.1, 0.15) is 24.0 Å². The van der Waals surface area contributed by atoms with Crippen LogP contribution in [0.1, 0.15) is 29.7 Å². The van der Waals surface area contributed by atoms with Crippen LogP contribution in [0.25, 0.3) is 0 Å². The summed E-state index contributed by atoms with van der Waals surface area (Å²) in [5, 5.41) is 9.48. The molecule has 0 fully saturated rings. The van der Waals surface area contributed by atoms with Crippen molar-refractivity contribution in [1.29, 1.82) is 0 Å². The predicted molar refractivity (Wildman–Crippen MR) is 72.5 cm³/mol. The van der Waals surface area contributed by atoms with Crippen LogP contribution in [-0.4, -0.2) is 5.11 Å². The van der Waals surface area contributed by atoms with Crippen LogP contribution in [-0.2, 0) is 6.61 Å². The average molecular weight is 278 g/mol. The minimum Gasteiger partial charge on any atom is -0.489 e. The van der Waals surface area contributed by atoms with E-state index in [0.717, 1.165) is 17.2 Å². The molecule has 1 N–H and O–H groups in total. The molecule has 0 aliphatic rings. The van der Waals surface area contributed by atoms with Crippen molar-refractivity contribution >= 4 is 0 Å². The summed E-state index contributed by atoms with van der Waals surface area (Å²) in [5.74, 6) is -0.620. The van der Waals surface area contributed by atoms with Crippen molar-refractivity contribution in [2.75, 3.05) is 0 Å². The number of aliphatic hydroxyl groups is 1. The minimum atomic E-state index is -0.622.